The van der Waals surface area contributed by atoms with Gasteiger partial charge in [0.25, 0.3) is 0 Å². The van der Waals surface area contributed by atoms with Crippen molar-refractivity contribution in [3.05, 3.63) is 35.9 Å². The van der Waals surface area contributed by atoms with E-state index in [-0.39, 0.29) is 6.04 Å². The maximum absolute atomic E-state index is 6.15. The van der Waals surface area contributed by atoms with Gasteiger partial charge in [0.05, 0.1) is 18.8 Å². The monoisotopic (exact) mass is 247 g/mol. The van der Waals surface area contributed by atoms with Crippen LogP contribution in [0.15, 0.2) is 30.3 Å². The van der Waals surface area contributed by atoms with Crippen LogP contribution in [0.1, 0.15) is 44.7 Å². The predicted octanol–water partition coefficient (Wildman–Crippen LogP) is 3.53. The average molecular weight is 247 g/mol. The molecule has 1 aliphatic rings. The van der Waals surface area contributed by atoms with Crippen LogP contribution in [0.5, 0.6) is 0 Å². The molecule has 4 unspecified atom stereocenters. The van der Waals surface area contributed by atoms with Gasteiger partial charge in [0.1, 0.15) is 0 Å². The van der Waals surface area contributed by atoms with Crippen molar-refractivity contribution < 1.29 is 4.74 Å². The molecule has 2 nitrogen and oxygen atoms in total. The van der Waals surface area contributed by atoms with Gasteiger partial charge in [-0.2, -0.15) is 0 Å². The SMILES string of the molecule is CC1CCC(OCC(N)c2ccccc2)CC1C. The van der Waals surface area contributed by atoms with Gasteiger partial charge in [-0.15, -0.1) is 0 Å². The molecule has 1 saturated carbocycles. The summed E-state index contributed by atoms with van der Waals surface area (Å²) in [4.78, 5) is 0. The second-order valence-corrected chi connectivity index (χ2v) is 5.74. The molecule has 1 aromatic rings. The lowest BCUT2D eigenvalue weighted by Crippen LogP contribution is -2.29. The Bertz CT molecular complexity index is 351. The van der Waals surface area contributed by atoms with Crippen LogP contribution in [0.3, 0.4) is 0 Å². The summed E-state index contributed by atoms with van der Waals surface area (Å²) in [5, 5.41) is 0. The van der Waals surface area contributed by atoms with Crippen molar-refractivity contribution in [3.8, 4) is 0 Å². The smallest absolute Gasteiger partial charge is 0.0663 e. The number of hydrogen-bond acceptors (Lipinski definition) is 2. The molecule has 0 saturated heterocycles. The molecule has 2 N–H and O–H groups in total. The van der Waals surface area contributed by atoms with Gasteiger partial charge in [0.2, 0.25) is 0 Å². The highest BCUT2D eigenvalue weighted by atomic mass is 16.5. The summed E-state index contributed by atoms with van der Waals surface area (Å²) in [7, 11) is 0. The first-order chi connectivity index (χ1) is 8.66. The van der Waals surface area contributed by atoms with Gasteiger partial charge >= 0.3 is 0 Å². The van der Waals surface area contributed by atoms with E-state index in [1.807, 2.05) is 18.2 Å². The van der Waals surface area contributed by atoms with E-state index in [1.165, 1.54) is 19.3 Å². The molecule has 0 aromatic heterocycles. The van der Waals surface area contributed by atoms with Crippen LogP contribution >= 0.6 is 0 Å². The van der Waals surface area contributed by atoms with Crippen molar-refractivity contribution in [1.82, 2.24) is 0 Å². The Morgan fingerprint density at radius 3 is 2.56 bits per heavy atom. The third-order valence-electron chi connectivity index (χ3n) is 4.29. The molecule has 0 amide bonds. The fourth-order valence-corrected chi connectivity index (χ4v) is 2.69. The van der Waals surface area contributed by atoms with E-state index in [0.717, 1.165) is 17.4 Å². The third-order valence-corrected chi connectivity index (χ3v) is 4.29. The Balaban J connectivity index is 1.78. The van der Waals surface area contributed by atoms with Crippen LogP contribution in [0.25, 0.3) is 0 Å². The normalized spacial score (nSPS) is 30.1. The van der Waals surface area contributed by atoms with Crippen LogP contribution < -0.4 is 5.73 Å². The van der Waals surface area contributed by atoms with Gasteiger partial charge in [0.15, 0.2) is 0 Å². The zero-order chi connectivity index (χ0) is 13.0. The fraction of sp³-hybridized carbons (Fsp3) is 0.625. The van der Waals surface area contributed by atoms with Gasteiger partial charge in [-0.05, 0) is 36.7 Å². The van der Waals surface area contributed by atoms with Crippen LogP contribution in [0.4, 0.5) is 0 Å². The maximum atomic E-state index is 6.15. The molecule has 1 aromatic carbocycles. The van der Waals surface area contributed by atoms with E-state index >= 15 is 0 Å². The Morgan fingerprint density at radius 2 is 1.89 bits per heavy atom. The summed E-state index contributed by atoms with van der Waals surface area (Å²) in [5.41, 5.74) is 7.31. The summed E-state index contributed by atoms with van der Waals surface area (Å²) >= 11 is 0. The quantitative estimate of drug-likeness (QED) is 0.883. The molecule has 0 aliphatic heterocycles. The fourth-order valence-electron chi connectivity index (χ4n) is 2.69. The molecular formula is C16H25NO. The predicted molar refractivity (Wildman–Crippen MR) is 75.3 cm³/mol. The minimum atomic E-state index is 0.000793. The molecule has 100 valence electrons. The van der Waals surface area contributed by atoms with Crippen molar-refractivity contribution in [2.24, 2.45) is 17.6 Å². The Kier molecular flexibility index (Phi) is 4.79. The van der Waals surface area contributed by atoms with Gasteiger partial charge in [-0.1, -0.05) is 44.2 Å². The van der Waals surface area contributed by atoms with Gasteiger partial charge in [-0.3, -0.25) is 0 Å². The van der Waals surface area contributed by atoms with Crippen molar-refractivity contribution in [2.75, 3.05) is 6.61 Å². The van der Waals surface area contributed by atoms with E-state index in [2.05, 4.69) is 26.0 Å². The first kappa shape index (κ1) is 13.6. The van der Waals surface area contributed by atoms with Crippen LogP contribution in [0, 0.1) is 11.8 Å². The van der Waals surface area contributed by atoms with Gasteiger partial charge in [-0.25, -0.2) is 0 Å². The number of hydrogen-bond donors (Lipinski definition) is 1. The molecule has 0 bridgehead atoms. The van der Waals surface area contributed by atoms with Crippen molar-refractivity contribution in [2.45, 2.75) is 45.3 Å². The summed E-state index contributed by atoms with van der Waals surface area (Å²) in [6, 6.07) is 10.2. The summed E-state index contributed by atoms with van der Waals surface area (Å²) in [6.07, 6.45) is 4.06. The minimum Gasteiger partial charge on any atom is -0.376 e. The van der Waals surface area contributed by atoms with E-state index < -0.39 is 0 Å². The average Bonchev–Trinajstić information content (AvgIpc) is 2.41. The molecular weight excluding hydrogens is 222 g/mol. The first-order valence-corrected chi connectivity index (χ1v) is 7.09. The van der Waals surface area contributed by atoms with Crippen LogP contribution in [0.2, 0.25) is 0 Å². The Morgan fingerprint density at radius 1 is 1.17 bits per heavy atom. The number of rotatable bonds is 4. The number of benzene rings is 1. The third kappa shape index (κ3) is 3.56. The number of ether oxygens (including phenoxy) is 1. The molecule has 1 fully saturated rings. The highest BCUT2D eigenvalue weighted by molar-refractivity contribution is 5.18. The molecule has 4 atom stereocenters. The lowest BCUT2D eigenvalue weighted by Gasteiger charge is -2.32. The van der Waals surface area contributed by atoms with E-state index in [0.29, 0.717) is 12.7 Å². The Hall–Kier alpha value is -0.860. The first-order valence-electron chi connectivity index (χ1n) is 7.09. The molecule has 1 aliphatic carbocycles. The molecule has 0 spiro atoms. The summed E-state index contributed by atoms with van der Waals surface area (Å²) < 4.78 is 5.99. The van der Waals surface area contributed by atoms with Crippen LogP contribution in [-0.2, 0) is 4.74 Å². The molecule has 18 heavy (non-hydrogen) atoms. The molecule has 2 rings (SSSR count). The molecule has 2 heteroatoms. The highest BCUT2D eigenvalue weighted by Crippen LogP contribution is 2.31. The topological polar surface area (TPSA) is 35.2 Å². The zero-order valence-corrected chi connectivity index (χ0v) is 11.5. The number of nitrogens with two attached hydrogens (primary N) is 1. The Labute approximate surface area is 111 Å². The molecule has 0 heterocycles. The second-order valence-electron chi connectivity index (χ2n) is 5.74. The minimum absolute atomic E-state index is 0.000793. The zero-order valence-electron chi connectivity index (χ0n) is 11.5. The summed E-state index contributed by atoms with van der Waals surface area (Å²) in [6.45, 7) is 5.31. The van der Waals surface area contributed by atoms with E-state index in [9.17, 15) is 0 Å². The highest BCUT2D eigenvalue weighted by Gasteiger charge is 2.25. The summed E-state index contributed by atoms with van der Waals surface area (Å²) in [5.74, 6) is 1.62. The van der Waals surface area contributed by atoms with Crippen LogP contribution in [-0.4, -0.2) is 12.7 Å². The maximum Gasteiger partial charge on any atom is 0.0663 e. The van der Waals surface area contributed by atoms with Crippen molar-refractivity contribution >= 4 is 0 Å². The van der Waals surface area contributed by atoms with E-state index in [1.54, 1.807) is 0 Å². The van der Waals surface area contributed by atoms with Crippen molar-refractivity contribution in [1.29, 1.82) is 0 Å². The van der Waals surface area contributed by atoms with Crippen molar-refractivity contribution in [3.63, 3.8) is 0 Å². The van der Waals surface area contributed by atoms with Gasteiger partial charge in [0, 0.05) is 0 Å². The lowest BCUT2D eigenvalue weighted by atomic mass is 9.80. The largest absolute Gasteiger partial charge is 0.376 e. The van der Waals surface area contributed by atoms with E-state index in [4.69, 9.17) is 10.5 Å². The molecule has 0 radical (unpaired) electrons. The lowest BCUT2D eigenvalue weighted by molar-refractivity contribution is -0.00362. The van der Waals surface area contributed by atoms with Gasteiger partial charge < -0.3 is 10.5 Å². The second kappa shape index (κ2) is 6.35. The standard InChI is InChI=1S/C16H25NO/c1-12-8-9-15(10-13(12)2)18-11-16(17)14-6-4-3-5-7-14/h3-7,12-13,15-16H,8-11,17H2,1-2H3.